The molecular weight excluding hydrogens is 424 g/mol. The van der Waals surface area contributed by atoms with Gasteiger partial charge in [-0.2, -0.15) is 0 Å². The number of benzene rings is 2. The van der Waals surface area contributed by atoms with Gasteiger partial charge in [-0.15, -0.1) is 0 Å². The first-order chi connectivity index (χ1) is 15.2. The first-order valence-corrected chi connectivity index (χ1v) is 10.5. The average molecular weight is 453 g/mol. The highest BCUT2D eigenvalue weighted by Crippen LogP contribution is 2.41. The van der Waals surface area contributed by atoms with Gasteiger partial charge < -0.3 is 15.2 Å². The Labute approximate surface area is 192 Å². The monoisotopic (exact) mass is 452 g/mol. The molecule has 2 aromatic carbocycles. The summed E-state index contributed by atoms with van der Waals surface area (Å²) in [4.78, 5) is 35.6. The van der Waals surface area contributed by atoms with Crippen LogP contribution in [-0.2, 0) is 25.2 Å². The van der Waals surface area contributed by atoms with Crippen molar-refractivity contribution in [3.05, 3.63) is 74.9 Å². The minimum absolute atomic E-state index is 0.0818. The summed E-state index contributed by atoms with van der Waals surface area (Å²) in [7, 11) is 0. The fraction of sp³-hybridized carbons (Fsp3) is 0.360. The zero-order valence-electron chi connectivity index (χ0n) is 19.6. The Morgan fingerprint density at radius 2 is 1.55 bits per heavy atom. The molecule has 0 radical (unpaired) electrons. The van der Waals surface area contributed by atoms with Crippen molar-refractivity contribution in [2.75, 3.05) is 5.32 Å². The minimum atomic E-state index is -0.811. The number of non-ortho nitro benzene ring substituents is 1. The van der Waals surface area contributed by atoms with E-state index in [2.05, 4.69) is 5.32 Å². The van der Waals surface area contributed by atoms with Crippen molar-refractivity contribution >= 4 is 23.3 Å². The van der Waals surface area contributed by atoms with E-state index in [1.165, 1.54) is 30.3 Å². The Morgan fingerprint density at radius 1 is 1.03 bits per heavy atom. The second kappa shape index (κ2) is 8.35. The first-order valence-electron chi connectivity index (χ1n) is 10.5. The normalized spacial score (nSPS) is 16.2. The number of nitrogens with zero attached hydrogens (tertiary/aromatic N) is 1. The third-order valence-corrected chi connectivity index (χ3v) is 5.43. The number of amides is 1. The fourth-order valence-corrected chi connectivity index (χ4v) is 3.60. The zero-order valence-corrected chi connectivity index (χ0v) is 19.6. The predicted octanol–water partition coefficient (Wildman–Crippen LogP) is 5.06. The number of nitro groups is 1. The van der Waals surface area contributed by atoms with Gasteiger partial charge in [-0.05, 0) is 46.7 Å². The van der Waals surface area contributed by atoms with E-state index in [1.807, 2.05) is 41.5 Å². The molecule has 1 unspecified atom stereocenters. The molecule has 8 nitrogen and oxygen atoms in total. The van der Waals surface area contributed by atoms with Crippen molar-refractivity contribution in [3.63, 3.8) is 0 Å². The summed E-state index contributed by atoms with van der Waals surface area (Å²) in [6, 6.07) is 9.01. The SMILES string of the molecule is CC(C)(C)c1cc(NC(=O)C2=CC(c3ccc([N+](=O)[O-])cc3)OC2=O)cc(C(C)(C)C)c1O. The lowest BCUT2D eigenvalue weighted by Crippen LogP contribution is -2.21. The van der Waals surface area contributed by atoms with Gasteiger partial charge in [-0.25, -0.2) is 4.79 Å². The molecule has 0 fully saturated rings. The van der Waals surface area contributed by atoms with E-state index in [4.69, 9.17) is 4.74 Å². The summed E-state index contributed by atoms with van der Waals surface area (Å²) in [5.41, 5.74) is 1.34. The third-order valence-electron chi connectivity index (χ3n) is 5.43. The quantitative estimate of drug-likeness (QED) is 0.220. The smallest absolute Gasteiger partial charge is 0.344 e. The van der Waals surface area contributed by atoms with Crippen LogP contribution in [0.2, 0.25) is 0 Å². The molecule has 1 atom stereocenters. The lowest BCUT2D eigenvalue weighted by molar-refractivity contribution is -0.384. The summed E-state index contributed by atoms with van der Waals surface area (Å²) < 4.78 is 5.29. The van der Waals surface area contributed by atoms with Crippen LogP contribution >= 0.6 is 0 Å². The molecule has 1 aliphatic heterocycles. The van der Waals surface area contributed by atoms with E-state index in [9.17, 15) is 24.8 Å². The van der Waals surface area contributed by atoms with E-state index >= 15 is 0 Å². The fourth-order valence-electron chi connectivity index (χ4n) is 3.60. The van der Waals surface area contributed by atoms with Gasteiger partial charge in [-0.1, -0.05) is 41.5 Å². The molecule has 33 heavy (non-hydrogen) atoms. The Balaban J connectivity index is 1.91. The standard InChI is InChI=1S/C25H28N2O6/c1-24(2,3)18-11-15(12-19(21(18)28)25(4,5)6)26-22(29)17-13-20(33-23(17)30)14-7-9-16(10-8-14)27(31)32/h7-13,20,28H,1-6H3,(H,26,29). The second-order valence-corrected chi connectivity index (χ2v) is 10.1. The van der Waals surface area contributed by atoms with Crippen LogP contribution in [0.25, 0.3) is 0 Å². The van der Waals surface area contributed by atoms with Crippen LogP contribution < -0.4 is 5.32 Å². The van der Waals surface area contributed by atoms with Crippen molar-refractivity contribution in [2.24, 2.45) is 0 Å². The first kappa shape index (κ1) is 24.0. The van der Waals surface area contributed by atoms with Crippen molar-refractivity contribution in [3.8, 4) is 5.75 Å². The zero-order chi connectivity index (χ0) is 24.7. The number of phenolic OH excluding ortho intramolecular Hbond substituents is 1. The molecule has 0 aromatic heterocycles. The number of hydrogen-bond donors (Lipinski definition) is 2. The van der Waals surface area contributed by atoms with Crippen LogP contribution in [-0.4, -0.2) is 21.9 Å². The van der Waals surface area contributed by atoms with Crippen LogP contribution in [0.3, 0.4) is 0 Å². The van der Waals surface area contributed by atoms with Crippen molar-refractivity contribution in [1.82, 2.24) is 0 Å². The highest BCUT2D eigenvalue weighted by Gasteiger charge is 2.33. The molecule has 1 amide bonds. The molecule has 0 saturated heterocycles. The van der Waals surface area contributed by atoms with Gasteiger partial charge in [0.15, 0.2) is 0 Å². The predicted molar refractivity (Wildman–Crippen MR) is 124 cm³/mol. The van der Waals surface area contributed by atoms with E-state index in [-0.39, 0.29) is 27.8 Å². The Hall–Kier alpha value is -3.68. The van der Waals surface area contributed by atoms with Crippen LogP contribution in [0.5, 0.6) is 5.75 Å². The molecule has 2 aromatic rings. The second-order valence-electron chi connectivity index (χ2n) is 10.1. The van der Waals surface area contributed by atoms with Crippen LogP contribution in [0.15, 0.2) is 48.0 Å². The molecule has 8 heteroatoms. The number of nitrogens with one attached hydrogen (secondary N) is 1. The summed E-state index contributed by atoms with van der Waals surface area (Å²) in [5, 5.41) is 24.4. The average Bonchev–Trinajstić information content (AvgIpc) is 3.09. The largest absolute Gasteiger partial charge is 0.507 e. The summed E-state index contributed by atoms with van der Waals surface area (Å²) >= 11 is 0. The van der Waals surface area contributed by atoms with Gasteiger partial charge in [0, 0.05) is 28.9 Å². The number of cyclic esters (lactones) is 1. The van der Waals surface area contributed by atoms with Gasteiger partial charge in [0.1, 0.15) is 17.4 Å². The topological polar surface area (TPSA) is 119 Å². The van der Waals surface area contributed by atoms with E-state index in [1.54, 1.807) is 12.1 Å². The lowest BCUT2D eigenvalue weighted by Gasteiger charge is -2.28. The number of carbonyl (C=O) groups excluding carboxylic acids is 2. The Bertz CT molecular complexity index is 1120. The van der Waals surface area contributed by atoms with Gasteiger partial charge in [0.2, 0.25) is 0 Å². The van der Waals surface area contributed by atoms with Crippen molar-refractivity contribution < 1.29 is 24.4 Å². The summed E-state index contributed by atoms with van der Waals surface area (Å²) in [6.07, 6.45) is 0.586. The highest BCUT2D eigenvalue weighted by molar-refractivity contribution is 6.22. The molecule has 1 heterocycles. The van der Waals surface area contributed by atoms with E-state index < -0.39 is 22.9 Å². The van der Waals surface area contributed by atoms with Crippen molar-refractivity contribution in [1.29, 1.82) is 0 Å². The highest BCUT2D eigenvalue weighted by atomic mass is 16.6. The Morgan fingerprint density at radius 3 is 2.00 bits per heavy atom. The molecule has 3 rings (SSSR count). The van der Waals surface area contributed by atoms with Gasteiger partial charge in [0.25, 0.3) is 11.6 Å². The number of esters is 1. The number of aromatic hydroxyl groups is 1. The number of ether oxygens (including phenoxy) is 1. The number of carbonyl (C=O) groups is 2. The van der Waals surface area contributed by atoms with Gasteiger partial charge in [-0.3, -0.25) is 14.9 Å². The lowest BCUT2D eigenvalue weighted by atomic mass is 9.79. The Kier molecular flexibility index (Phi) is 6.06. The maximum absolute atomic E-state index is 12.9. The maximum atomic E-state index is 12.9. The van der Waals surface area contributed by atoms with E-state index in [0.29, 0.717) is 22.4 Å². The summed E-state index contributed by atoms with van der Waals surface area (Å²) in [5.74, 6) is -1.22. The molecule has 0 saturated carbocycles. The molecule has 0 aliphatic carbocycles. The third kappa shape index (κ3) is 5.05. The molecule has 2 N–H and O–H groups in total. The molecule has 174 valence electrons. The number of anilines is 1. The maximum Gasteiger partial charge on any atom is 0.344 e. The number of hydrogen-bond acceptors (Lipinski definition) is 6. The van der Waals surface area contributed by atoms with E-state index in [0.717, 1.165) is 0 Å². The number of rotatable bonds is 4. The van der Waals surface area contributed by atoms with Gasteiger partial charge >= 0.3 is 5.97 Å². The molecule has 1 aliphatic rings. The summed E-state index contributed by atoms with van der Waals surface area (Å²) in [6.45, 7) is 11.8. The minimum Gasteiger partial charge on any atom is -0.507 e. The molecule has 0 spiro atoms. The van der Waals surface area contributed by atoms with Crippen molar-refractivity contribution in [2.45, 2.75) is 58.5 Å². The molecule has 0 bridgehead atoms. The number of phenols is 1. The van der Waals surface area contributed by atoms with Crippen LogP contribution in [0.1, 0.15) is 64.3 Å². The van der Waals surface area contributed by atoms with Crippen LogP contribution in [0, 0.1) is 10.1 Å². The number of nitro benzene ring substituents is 1. The molecular formula is C25H28N2O6. The van der Waals surface area contributed by atoms with Gasteiger partial charge in [0.05, 0.1) is 4.92 Å². The van der Waals surface area contributed by atoms with Crippen LogP contribution in [0.4, 0.5) is 11.4 Å².